The molecule has 0 bridgehead atoms. The molecule has 2 aromatic rings. The molecule has 112 valence electrons. The molecule has 3 N–H and O–H groups in total. The number of carbonyl (C=O) groups is 1. The lowest BCUT2D eigenvalue weighted by molar-refractivity contribution is 0.101. The van der Waals surface area contributed by atoms with Gasteiger partial charge in [-0.2, -0.15) is 0 Å². The van der Waals surface area contributed by atoms with E-state index in [9.17, 15) is 4.79 Å². The van der Waals surface area contributed by atoms with Crippen molar-refractivity contribution in [1.29, 1.82) is 0 Å². The maximum atomic E-state index is 12.4. The van der Waals surface area contributed by atoms with E-state index in [0.717, 1.165) is 17.4 Å². The van der Waals surface area contributed by atoms with Gasteiger partial charge >= 0.3 is 0 Å². The quantitative estimate of drug-likeness (QED) is 0.865. The maximum Gasteiger partial charge on any atom is 0.272 e. The second-order valence-electron chi connectivity index (χ2n) is 4.66. The lowest BCUT2D eigenvalue weighted by Gasteiger charge is -2.10. The smallest absolute Gasteiger partial charge is 0.272 e. The first-order valence-electron chi connectivity index (χ1n) is 6.65. The van der Waals surface area contributed by atoms with Gasteiger partial charge < -0.3 is 20.4 Å². The first kappa shape index (κ1) is 15.4. The van der Waals surface area contributed by atoms with E-state index in [-0.39, 0.29) is 5.91 Å². The molecule has 1 aromatic heterocycles. The SMILES string of the molecule is CCCn1cc(N)cc1C(=O)Nc1ccc(Br)c(OC)c1. The molecule has 0 radical (unpaired) electrons. The highest BCUT2D eigenvalue weighted by molar-refractivity contribution is 9.10. The van der Waals surface area contributed by atoms with Crippen LogP contribution in [0.25, 0.3) is 0 Å². The van der Waals surface area contributed by atoms with Gasteiger partial charge in [-0.25, -0.2) is 0 Å². The number of nitrogens with two attached hydrogens (primary N) is 1. The fourth-order valence-corrected chi connectivity index (χ4v) is 2.49. The molecule has 21 heavy (non-hydrogen) atoms. The summed E-state index contributed by atoms with van der Waals surface area (Å²) in [5, 5.41) is 2.86. The predicted molar refractivity (Wildman–Crippen MR) is 87.8 cm³/mol. The molecule has 0 spiro atoms. The van der Waals surface area contributed by atoms with Crippen LogP contribution in [0.2, 0.25) is 0 Å². The standard InChI is InChI=1S/C15H18BrN3O2/c1-3-6-19-9-10(17)7-13(19)15(20)18-11-4-5-12(16)14(8-11)21-2/h4-5,7-9H,3,6,17H2,1-2H3,(H,18,20). The van der Waals surface area contributed by atoms with Crippen LogP contribution in [0.3, 0.4) is 0 Å². The third-order valence-electron chi connectivity index (χ3n) is 3.02. The van der Waals surface area contributed by atoms with Crippen molar-refractivity contribution in [3.05, 3.63) is 40.6 Å². The van der Waals surface area contributed by atoms with E-state index >= 15 is 0 Å². The van der Waals surface area contributed by atoms with Crippen LogP contribution in [0.1, 0.15) is 23.8 Å². The van der Waals surface area contributed by atoms with Crippen molar-refractivity contribution < 1.29 is 9.53 Å². The number of hydrogen-bond acceptors (Lipinski definition) is 3. The number of methoxy groups -OCH3 is 1. The van der Waals surface area contributed by atoms with Crippen molar-refractivity contribution in [2.75, 3.05) is 18.2 Å². The Hall–Kier alpha value is -1.95. The number of halogens is 1. The van der Waals surface area contributed by atoms with Crippen LogP contribution in [0.4, 0.5) is 11.4 Å². The fraction of sp³-hybridized carbons (Fsp3) is 0.267. The fourth-order valence-electron chi connectivity index (χ4n) is 2.08. The van der Waals surface area contributed by atoms with Gasteiger partial charge in [-0.3, -0.25) is 4.79 Å². The van der Waals surface area contributed by atoms with E-state index in [1.54, 1.807) is 31.5 Å². The number of hydrogen-bond donors (Lipinski definition) is 2. The molecule has 1 aromatic carbocycles. The molecule has 1 heterocycles. The minimum Gasteiger partial charge on any atom is -0.495 e. The van der Waals surface area contributed by atoms with Crippen molar-refractivity contribution in [3.8, 4) is 5.75 Å². The van der Waals surface area contributed by atoms with Gasteiger partial charge in [0, 0.05) is 24.5 Å². The molecular weight excluding hydrogens is 334 g/mol. The summed E-state index contributed by atoms with van der Waals surface area (Å²) in [5.41, 5.74) is 7.59. The Morgan fingerprint density at radius 3 is 2.86 bits per heavy atom. The Bertz CT molecular complexity index is 652. The third kappa shape index (κ3) is 3.58. The number of anilines is 2. The highest BCUT2D eigenvalue weighted by atomic mass is 79.9. The molecule has 0 aliphatic rings. The summed E-state index contributed by atoms with van der Waals surface area (Å²) in [6, 6.07) is 7.08. The molecule has 0 atom stereocenters. The Labute approximate surface area is 132 Å². The van der Waals surface area contributed by atoms with E-state index in [0.29, 0.717) is 22.8 Å². The highest BCUT2D eigenvalue weighted by Crippen LogP contribution is 2.28. The summed E-state index contributed by atoms with van der Waals surface area (Å²) in [6.45, 7) is 2.81. The Morgan fingerprint density at radius 1 is 1.43 bits per heavy atom. The second kappa shape index (κ2) is 6.67. The number of nitrogen functional groups attached to an aromatic ring is 1. The summed E-state index contributed by atoms with van der Waals surface area (Å²) >= 11 is 3.38. The van der Waals surface area contributed by atoms with Gasteiger partial charge in [-0.05, 0) is 40.5 Å². The molecule has 0 fully saturated rings. The topological polar surface area (TPSA) is 69.3 Å². The van der Waals surface area contributed by atoms with Gasteiger partial charge in [-0.1, -0.05) is 6.92 Å². The lowest BCUT2D eigenvalue weighted by atomic mass is 10.3. The zero-order chi connectivity index (χ0) is 15.4. The molecule has 0 saturated heterocycles. The zero-order valence-corrected chi connectivity index (χ0v) is 13.6. The van der Waals surface area contributed by atoms with Crippen molar-refractivity contribution in [2.45, 2.75) is 19.9 Å². The largest absolute Gasteiger partial charge is 0.495 e. The Morgan fingerprint density at radius 2 is 2.19 bits per heavy atom. The van der Waals surface area contributed by atoms with Crippen LogP contribution in [0.5, 0.6) is 5.75 Å². The van der Waals surface area contributed by atoms with Gasteiger partial charge in [0.15, 0.2) is 0 Å². The summed E-state index contributed by atoms with van der Waals surface area (Å²) in [5.74, 6) is 0.473. The number of amides is 1. The van der Waals surface area contributed by atoms with Gasteiger partial charge in [0.2, 0.25) is 0 Å². The van der Waals surface area contributed by atoms with Gasteiger partial charge in [-0.15, -0.1) is 0 Å². The van der Waals surface area contributed by atoms with E-state index in [4.69, 9.17) is 10.5 Å². The van der Waals surface area contributed by atoms with E-state index in [1.165, 1.54) is 0 Å². The zero-order valence-electron chi connectivity index (χ0n) is 12.0. The molecule has 0 aliphatic carbocycles. The van der Waals surface area contributed by atoms with Crippen LogP contribution < -0.4 is 15.8 Å². The molecule has 0 unspecified atom stereocenters. The van der Waals surface area contributed by atoms with Gasteiger partial charge in [0.25, 0.3) is 5.91 Å². The third-order valence-corrected chi connectivity index (χ3v) is 3.68. The lowest BCUT2D eigenvalue weighted by Crippen LogP contribution is -2.16. The molecule has 2 rings (SSSR count). The van der Waals surface area contributed by atoms with Crippen LogP contribution in [0.15, 0.2) is 34.9 Å². The predicted octanol–water partition coefficient (Wildman–Crippen LogP) is 3.50. The highest BCUT2D eigenvalue weighted by Gasteiger charge is 2.13. The monoisotopic (exact) mass is 351 g/mol. The minimum atomic E-state index is -0.190. The van der Waals surface area contributed by atoms with Crippen LogP contribution in [0, 0.1) is 0 Å². The van der Waals surface area contributed by atoms with Crippen LogP contribution in [-0.2, 0) is 6.54 Å². The molecule has 0 saturated carbocycles. The first-order valence-corrected chi connectivity index (χ1v) is 7.45. The molecule has 1 amide bonds. The average molecular weight is 352 g/mol. The number of nitrogens with one attached hydrogen (secondary N) is 1. The summed E-state index contributed by atoms with van der Waals surface area (Å²) < 4.78 is 7.91. The number of nitrogens with zero attached hydrogens (tertiary/aromatic N) is 1. The van der Waals surface area contributed by atoms with Crippen molar-refractivity contribution in [1.82, 2.24) is 4.57 Å². The number of benzene rings is 1. The van der Waals surface area contributed by atoms with Crippen molar-refractivity contribution in [2.24, 2.45) is 0 Å². The number of rotatable bonds is 5. The summed E-state index contributed by atoms with van der Waals surface area (Å²) in [4.78, 5) is 12.4. The normalized spacial score (nSPS) is 10.4. The van der Waals surface area contributed by atoms with Crippen molar-refractivity contribution in [3.63, 3.8) is 0 Å². The van der Waals surface area contributed by atoms with E-state index in [1.807, 2.05) is 10.6 Å². The summed E-state index contributed by atoms with van der Waals surface area (Å²) in [7, 11) is 1.58. The Balaban J connectivity index is 2.21. The van der Waals surface area contributed by atoms with Crippen LogP contribution >= 0.6 is 15.9 Å². The summed E-state index contributed by atoms with van der Waals surface area (Å²) in [6.07, 6.45) is 2.71. The number of ether oxygens (including phenoxy) is 1. The molecule has 5 nitrogen and oxygen atoms in total. The Kier molecular flexibility index (Phi) is 4.90. The average Bonchev–Trinajstić information content (AvgIpc) is 2.82. The van der Waals surface area contributed by atoms with Crippen LogP contribution in [-0.4, -0.2) is 17.6 Å². The van der Waals surface area contributed by atoms with E-state index in [2.05, 4.69) is 28.2 Å². The van der Waals surface area contributed by atoms with Gasteiger partial charge in [0.05, 0.1) is 17.3 Å². The first-order chi connectivity index (χ1) is 10.0. The van der Waals surface area contributed by atoms with Gasteiger partial charge in [0.1, 0.15) is 11.4 Å². The minimum absolute atomic E-state index is 0.190. The van der Waals surface area contributed by atoms with Crippen molar-refractivity contribution >= 4 is 33.2 Å². The number of aryl methyl sites for hydroxylation is 1. The van der Waals surface area contributed by atoms with E-state index < -0.39 is 0 Å². The number of carbonyl (C=O) groups excluding carboxylic acids is 1. The molecular formula is C15H18BrN3O2. The number of aromatic nitrogens is 1. The second-order valence-corrected chi connectivity index (χ2v) is 5.51. The molecule has 0 aliphatic heterocycles. The molecule has 6 heteroatoms. The maximum absolute atomic E-state index is 12.4.